The van der Waals surface area contributed by atoms with Gasteiger partial charge in [0.2, 0.25) is 0 Å². The first-order chi connectivity index (χ1) is 8.74. The second-order valence-corrected chi connectivity index (χ2v) is 3.87. The molecule has 100 valence electrons. The SMILES string of the molecule is CCNC(C(=O)OCC)c1ccccc1COC. The van der Waals surface area contributed by atoms with Gasteiger partial charge in [-0.1, -0.05) is 31.2 Å². The van der Waals surface area contributed by atoms with Gasteiger partial charge in [-0.25, -0.2) is 4.79 Å². The minimum absolute atomic E-state index is 0.247. The third-order valence-electron chi connectivity index (χ3n) is 2.60. The van der Waals surface area contributed by atoms with Crippen molar-refractivity contribution in [2.45, 2.75) is 26.5 Å². The molecule has 0 amide bonds. The molecule has 18 heavy (non-hydrogen) atoms. The molecule has 1 atom stereocenters. The van der Waals surface area contributed by atoms with Crippen LogP contribution in [0.1, 0.15) is 31.0 Å². The van der Waals surface area contributed by atoms with Gasteiger partial charge >= 0.3 is 5.97 Å². The fraction of sp³-hybridized carbons (Fsp3) is 0.500. The Kier molecular flexibility index (Phi) is 6.39. The van der Waals surface area contributed by atoms with Crippen LogP contribution in [-0.4, -0.2) is 26.2 Å². The van der Waals surface area contributed by atoms with Gasteiger partial charge in [-0.15, -0.1) is 0 Å². The number of methoxy groups -OCH3 is 1. The maximum atomic E-state index is 12.0. The largest absolute Gasteiger partial charge is 0.465 e. The lowest BCUT2D eigenvalue weighted by molar-refractivity contribution is -0.145. The molecule has 0 spiro atoms. The van der Waals surface area contributed by atoms with Crippen LogP contribution >= 0.6 is 0 Å². The van der Waals surface area contributed by atoms with Gasteiger partial charge in [0.25, 0.3) is 0 Å². The fourth-order valence-corrected chi connectivity index (χ4v) is 1.85. The number of carbonyl (C=O) groups is 1. The highest BCUT2D eigenvalue weighted by molar-refractivity contribution is 5.78. The molecule has 0 saturated carbocycles. The average Bonchev–Trinajstić information content (AvgIpc) is 2.37. The van der Waals surface area contributed by atoms with Gasteiger partial charge in [0.15, 0.2) is 0 Å². The van der Waals surface area contributed by atoms with Crippen molar-refractivity contribution in [3.8, 4) is 0 Å². The molecule has 4 heteroatoms. The predicted octanol–water partition coefficient (Wildman–Crippen LogP) is 2.05. The predicted molar refractivity (Wildman–Crippen MR) is 70.2 cm³/mol. The van der Waals surface area contributed by atoms with Crippen LogP contribution in [0, 0.1) is 0 Å². The molecule has 0 aliphatic heterocycles. The van der Waals surface area contributed by atoms with Gasteiger partial charge in [0.05, 0.1) is 13.2 Å². The first kappa shape index (κ1) is 14.7. The lowest BCUT2D eigenvalue weighted by Crippen LogP contribution is -2.31. The van der Waals surface area contributed by atoms with Crippen molar-refractivity contribution >= 4 is 5.97 Å². The zero-order valence-electron chi connectivity index (χ0n) is 11.2. The van der Waals surface area contributed by atoms with Crippen LogP contribution in [-0.2, 0) is 20.9 Å². The van der Waals surface area contributed by atoms with Crippen molar-refractivity contribution in [1.82, 2.24) is 5.32 Å². The number of benzene rings is 1. The van der Waals surface area contributed by atoms with Crippen molar-refractivity contribution in [2.24, 2.45) is 0 Å². The Morgan fingerprint density at radius 3 is 2.67 bits per heavy atom. The van der Waals surface area contributed by atoms with Crippen LogP contribution in [0.15, 0.2) is 24.3 Å². The fourth-order valence-electron chi connectivity index (χ4n) is 1.85. The molecular formula is C14H21NO3. The maximum Gasteiger partial charge on any atom is 0.327 e. The summed E-state index contributed by atoms with van der Waals surface area (Å²) in [7, 11) is 1.64. The van der Waals surface area contributed by atoms with Crippen molar-refractivity contribution in [3.63, 3.8) is 0 Å². The van der Waals surface area contributed by atoms with E-state index in [4.69, 9.17) is 9.47 Å². The number of rotatable bonds is 7. The van der Waals surface area contributed by atoms with Crippen molar-refractivity contribution < 1.29 is 14.3 Å². The van der Waals surface area contributed by atoms with Crippen molar-refractivity contribution in [1.29, 1.82) is 0 Å². The second kappa shape index (κ2) is 7.84. The van der Waals surface area contributed by atoms with E-state index in [1.807, 2.05) is 38.1 Å². The van der Waals surface area contributed by atoms with Gasteiger partial charge in [-0.05, 0) is 24.6 Å². The summed E-state index contributed by atoms with van der Waals surface area (Å²) < 4.78 is 10.3. The zero-order chi connectivity index (χ0) is 13.4. The Morgan fingerprint density at radius 1 is 1.33 bits per heavy atom. The Labute approximate surface area is 108 Å². The number of carbonyl (C=O) groups excluding carboxylic acids is 1. The number of esters is 1. The second-order valence-electron chi connectivity index (χ2n) is 3.87. The Hall–Kier alpha value is -1.39. The molecular weight excluding hydrogens is 230 g/mol. The first-order valence-corrected chi connectivity index (χ1v) is 6.21. The molecule has 1 unspecified atom stereocenters. The zero-order valence-corrected chi connectivity index (χ0v) is 11.2. The van der Waals surface area contributed by atoms with E-state index in [1.165, 1.54) is 0 Å². The van der Waals surface area contributed by atoms with Crippen LogP contribution in [0.5, 0.6) is 0 Å². The molecule has 0 saturated heterocycles. The van der Waals surface area contributed by atoms with Gasteiger partial charge in [-0.2, -0.15) is 0 Å². The van der Waals surface area contributed by atoms with Crippen LogP contribution < -0.4 is 5.32 Å². The number of nitrogens with one attached hydrogen (secondary N) is 1. The average molecular weight is 251 g/mol. The number of hydrogen-bond acceptors (Lipinski definition) is 4. The Balaban J connectivity index is 3.00. The minimum Gasteiger partial charge on any atom is -0.465 e. The standard InChI is InChI=1S/C14H21NO3/c1-4-15-13(14(16)18-5-2)12-9-7-6-8-11(12)10-17-3/h6-9,13,15H,4-5,10H2,1-3H3. The highest BCUT2D eigenvalue weighted by atomic mass is 16.5. The molecule has 1 rings (SSSR count). The summed E-state index contributed by atoms with van der Waals surface area (Å²) in [6.45, 7) is 5.34. The lowest BCUT2D eigenvalue weighted by atomic mass is 10.0. The Morgan fingerprint density at radius 2 is 2.06 bits per heavy atom. The molecule has 0 fully saturated rings. The maximum absolute atomic E-state index is 12.0. The molecule has 0 heterocycles. The molecule has 4 nitrogen and oxygen atoms in total. The highest BCUT2D eigenvalue weighted by Gasteiger charge is 2.22. The number of likely N-dealkylation sites (N-methyl/N-ethyl adjacent to an activating group) is 1. The molecule has 0 bridgehead atoms. The first-order valence-electron chi connectivity index (χ1n) is 6.21. The van der Waals surface area contributed by atoms with Crippen molar-refractivity contribution in [2.75, 3.05) is 20.3 Å². The van der Waals surface area contributed by atoms with E-state index in [0.29, 0.717) is 19.8 Å². The van der Waals surface area contributed by atoms with E-state index < -0.39 is 6.04 Å². The molecule has 1 aromatic rings. The van der Waals surface area contributed by atoms with E-state index in [1.54, 1.807) is 7.11 Å². The van der Waals surface area contributed by atoms with Gasteiger partial charge in [0, 0.05) is 7.11 Å². The molecule has 1 N–H and O–H groups in total. The smallest absolute Gasteiger partial charge is 0.327 e. The third-order valence-corrected chi connectivity index (χ3v) is 2.60. The molecule has 0 aliphatic rings. The van der Waals surface area contributed by atoms with E-state index in [2.05, 4.69) is 5.32 Å². The molecule has 1 aromatic carbocycles. The van der Waals surface area contributed by atoms with Gasteiger partial charge < -0.3 is 14.8 Å². The minimum atomic E-state index is -0.429. The van der Waals surface area contributed by atoms with E-state index in [-0.39, 0.29) is 5.97 Å². The highest BCUT2D eigenvalue weighted by Crippen LogP contribution is 2.20. The molecule has 0 radical (unpaired) electrons. The summed E-state index contributed by atoms with van der Waals surface area (Å²) in [6.07, 6.45) is 0. The van der Waals surface area contributed by atoms with E-state index in [0.717, 1.165) is 11.1 Å². The molecule has 0 aliphatic carbocycles. The van der Waals surface area contributed by atoms with Crippen molar-refractivity contribution in [3.05, 3.63) is 35.4 Å². The summed E-state index contributed by atoms with van der Waals surface area (Å²) in [5, 5.41) is 3.15. The summed E-state index contributed by atoms with van der Waals surface area (Å²) in [4.78, 5) is 12.0. The van der Waals surface area contributed by atoms with E-state index >= 15 is 0 Å². The van der Waals surface area contributed by atoms with Gasteiger partial charge in [0.1, 0.15) is 6.04 Å². The van der Waals surface area contributed by atoms with Crippen LogP contribution in [0.4, 0.5) is 0 Å². The van der Waals surface area contributed by atoms with Gasteiger partial charge in [-0.3, -0.25) is 0 Å². The number of ether oxygens (including phenoxy) is 2. The monoisotopic (exact) mass is 251 g/mol. The normalized spacial score (nSPS) is 12.2. The van der Waals surface area contributed by atoms with E-state index in [9.17, 15) is 4.79 Å². The third kappa shape index (κ3) is 3.82. The summed E-state index contributed by atoms with van der Waals surface area (Å²) in [5.41, 5.74) is 1.92. The Bertz CT molecular complexity index is 379. The molecule has 0 aromatic heterocycles. The van der Waals surface area contributed by atoms with Crippen LogP contribution in [0.2, 0.25) is 0 Å². The topological polar surface area (TPSA) is 47.6 Å². The van der Waals surface area contributed by atoms with Crippen LogP contribution in [0.25, 0.3) is 0 Å². The quantitative estimate of drug-likeness (QED) is 0.753. The lowest BCUT2D eigenvalue weighted by Gasteiger charge is -2.19. The summed E-state index contributed by atoms with van der Waals surface area (Å²) >= 11 is 0. The number of hydrogen-bond donors (Lipinski definition) is 1. The van der Waals surface area contributed by atoms with Crippen LogP contribution in [0.3, 0.4) is 0 Å². The summed E-state index contributed by atoms with van der Waals surface area (Å²) in [5.74, 6) is -0.247. The summed E-state index contributed by atoms with van der Waals surface area (Å²) in [6, 6.07) is 7.31.